The fourth-order valence-corrected chi connectivity index (χ4v) is 4.91. The number of imide groups is 1. The lowest BCUT2D eigenvalue weighted by molar-refractivity contribution is -0.159. The van der Waals surface area contributed by atoms with Gasteiger partial charge < -0.3 is 10.1 Å². The van der Waals surface area contributed by atoms with Gasteiger partial charge in [0.25, 0.3) is 5.91 Å². The Morgan fingerprint density at radius 2 is 1.71 bits per heavy atom. The van der Waals surface area contributed by atoms with E-state index in [9.17, 15) is 23.6 Å². The van der Waals surface area contributed by atoms with Gasteiger partial charge in [0.1, 0.15) is 11.9 Å². The van der Waals surface area contributed by atoms with Crippen LogP contribution < -0.4 is 5.32 Å². The van der Waals surface area contributed by atoms with Gasteiger partial charge in [0.15, 0.2) is 6.61 Å². The minimum absolute atomic E-state index is 0.237. The average molecular weight is 388 g/mol. The van der Waals surface area contributed by atoms with Crippen molar-refractivity contribution in [1.29, 1.82) is 0 Å². The van der Waals surface area contributed by atoms with Crippen molar-refractivity contribution in [1.82, 2.24) is 4.90 Å². The number of nitrogens with zero attached hydrogens (tertiary/aromatic N) is 1. The topological polar surface area (TPSA) is 92.8 Å². The molecule has 7 nitrogen and oxygen atoms in total. The van der Waals surface area contributed by atoms with Gasteiger partial charge in [0, 0.05) is 5.69 Å². The number of rotatable bonds is 5. The number of benzene rings is 1. The van der Waals surface area contributed by atoms with Crippen LogP contribution in [0.1, 0.15) is 26.2 Å². The van der Waals surface area contributed by atoms with E-state index >= 15 is 0 Å². The van der Waals surface area contributed by atoms with Gasteiger partial charge in [-0.15, -0.1) is 0 Å². The lowest BCUT2D eigenvalue weighted by Gasteiger charge is -2.23. The summed E-state index contributed by atoms with van der Waals surface area (Å²) in [5.41, 5.74) is 0.365. The van der Waals surface area contributed by atoms with Crippen LogP contribution in [0, 0.1) is 29.5 Å². The Morgan fingerprint density at radius 3 is 2.29 bits per heavy atom. The molecule has 3 amide bonds. The summed E-state index contributed by atoms with van der Waals surface area (Å²) in [6, 6.07) is 4.08. The highest BCUT2D eigenvalue weighted by atomic mass is 19.1. The molecule has 8 heteroatoms. The van der Waals surface area contributed by atoms with E-state index in [1.807, 2.05) is 0 Å². The number of esters is 1. The van der Waals surface area contributed by atoms with Gasteiger partial charge in [-0.2, -0.15) is 0 Å². The van der Waals surface area contributed by atoms with Crippen molar-refractivity contribution in [2.75, 3.05) is 11.9 Å². The Bertz CT molecular complexity index is 812. The first kappa shape index (κ1) is 18.6. The third-order valence-electron chi connectivity index (χ3n) is 6.16. The number of carbonyl (C=O) groups is 4. The fourth-order valence-electron chi connectivity index (χ4n) is 4.91. The summed E-state index contributed by atoms with van der Waals surface area (Å²) in [7, 11) is 0. The number of halogens is 1. The molecule has 148 valence electrons. The number of hydrogen-bond acceptors (Lipinski definition) is 5. The van der Waals surface area contributed by atoms with Gasteiger partial charge in [-0.05, 0) is 62.3 Å². The summed E-state index contributed by atoms with van der Waals surface area (Å²) < 4.78 is 17.9. The SMILES string of the molecule is C[C@H](C(=O)OCC(=O)Nc1ccc(F)cc1)N1C(=O)[C@H]2[C@@H]3CC[C@H](C3)[C@@H]2C1=O. The first-order chi connectivity index (χ1) is 13.4. The third kappa shape index (κ3) is 3.06. The predicted octanol–water partition coefficient (Wildman–Crippen LogP) is 1.73. The molecule has 1 aromatic carbocycles. The van der Waals surface area contributed by atoms with Crippen LogP contribution in [0.3, 0.4) is 0 Å². The molecule has 0 unspecified atom stereocenters. The van der Waals surface area contributed by atoms with Crippen LogP contribution >= 0.6 is 0 Å². The van der Waals surface area contributed by atoms with E-state index in [2.05, 4.69) is 5.32 Å². The number of amides is 3. The van der Waals surface area contributed by atoms with Crippen molar-refractivity contribution in [3.63, 3.8) is 0 Å². The van der Waals surface area contributed by atoms with E-state index in [4.69, 9.17) is 4.74 Å². The van der Waals surface area contributed by atoms with E-state index in [0.717, 1.165) is 24.2 Å². The summed E-state index contributed by atoms with van der Waals surface area (Å²) in [6.07, 6.45) is 2.84. The zero-order valence-corrected chi connectivity index (χ0v) is 15.4. The van der Waals surface area contributed by atoms with E-state index < -0.39 is 30.3 Å². The van der Waals surface area contributed by atoms with Crippen molar-refractivity contribution in [2.24, 2.45) is 23.7 Å². The summed E-state index contributed by atoms with van der Waals surface area (Å²) in [5, 5.41) is 2.47. The largest absolute Gasteiger partial charge is 0.454 e. The monoisotopic (exact) mass is 388 g/mol. The van der Waals surface area contributed by atoms with E-state index in [0.29, 0.717) is 5.69 Å². The van der Waals surface area contributed by atoms with Crippen LogP contribution in [0.5, 0.6) is 0 Å². The summed E-state index contributed by atoms with van der Waals surface area (Å²) in [5.74, 6) is -2.54. The molecule has 2 aliphatic carbocycles. The Hall–Kier alpha value is -2.77. The van der Waals surface area contributed by atoms with Crippen LogP contribution in [-0.2, 0) is 23.9 Å². The molecular weight excluding hydrogens is 367 g/mol. The van der Waals surface area contributed by atoms with E-state index in [-0.39, 0.29) is 35.5 Å². The second kappa shape index (κ2) is 7.00. The predicted molar refractivity (Wildman–Crippen MR) is 95.1 cm³/mol. The Kier molecular flexibility index (Phi) is 4.64. The Labute approximate surface area is 161 Å². The van der Waals surface area contributed by atoms with Gasteiger partial charge in [0.05, 0.1) is 11.8 Å². The maximum atomic E-state index is 12.9. The number of likely N-dealkylation sites (tertiary alicyclic amines) is 1. The summed E-state index contributed by atoms with van der Waals surface area (Å²) >= 11 is 0. The molecule has 1 aromatic rings. The first-order valence-corrected chi connectivity index (χ1v) is 9.45. The van der Waals surface area contributed by atoms with Crippen LogP contribution in [-0.4, -0.2) is 41.2 Å². The minimum atomic E-state index is -1.07. The summed E-state index contributed by atoms with van der Waals surface area (Å²) in [6.45, 7) is 0.883. The number of nitrogens with one attached hydrogen (secondary N) is 1. The molecule has 28 heavy (non-hydrogen) atoms. The maximum Gasteiger partial charge on any atom is 0.329 e. The molecule has 2 saturated carbocycles. The minimum Gasteiger partial charge on any atom is -0.454 e. The number of fused-ring (bicyclic) bond motifs is 5. The van der Waals surface area contributed by atoms with Crippen molar-refractivity contribution >= 4 is 29.4 Å². The molecule has 4 rings (SSSR count). The van der Waals surface area contributed by atoms with Crippen LogP contribution in [0.4, 0.5) is 10.1 Å². The maximum absolute atomic E-state index is 12.9. The molecule has 1 N–H and O–H groups in total. The van der Waals surface area contributed by atoms with Gasteiger partial charge in [-0.3, -0.25) is 19.3 Å². The third-order valence-corrected chi connectivity index (χ3v) is 6.16. The molecule has 0 spiro atoms. The van der Waals surface area contributed by atoms with E-state index in [1.165, 1.54) is 31.2 Å². The Balaban J connectivity index is 1.33. The van der Waals surface area contributed by atoms with Crippen molar-refractivity contribution in [3.8, 4) is 0 Å². The van der Waals surface area contributed by atoms with Crippen LogP contribution in [0.25, 0.3) is 0 Å². The lowest BCUT2D eigenvalue weighted by Crippen LogP contribution is -2.45. The van der Waals surface area contributed by atoms with Gasteiger partial charge >= 0.3 is 5.97 Å². The fraction of sp³-hybridized carbons (Fsp3) is 0.500. The zero-order chi connectivity index (χ0) is 20.0. The summed E-state index contributed by atoms with van der Waals surface area (Å²) in [4.78, 5) is 50.7. The molecular formula is C20H21FN2O5. The number of carbonyl (C=O) groups excluding carboxylic acids is 4. The van der Waals surface area contributed by atoms with E-state index in [1.54, 1.807) is 0 Å². The standard InChI is InChI=1S/C20H21FN2O5/c1-10(20(27)28-9-15(24)22-14-6-4-13(21)5-7-14)23-18(25)16-11-2-3-12(8-11)17(16)19(23)26/h4-7,10-12,16-17H,2-3,8-9H2,1H3,(H,22,24)/t10-,11-,12-,16+,17+/m1/s1. The van der Waals surface area contributed by atoms with Crippen molar-refractivity contribution < 1.29 is 28.3 Å². The zero-order valence-electron chi connectivity index (χ0n) is 15.4. The second-order valence-electron chi connectivity index (χ2n) is 7.77. The Morgan fingerprint density at radius 1 is 1.14 bits per heavy atom. The molecule has 2 bridgehead atoms. The number of hydrogen-bond donors (Lipinski definition) is 1. The highest BCUT2D eigenvalue weighted by Gasteiger charge is 2.62. The van der Waals surface area contributed by atoms with Crippen LogP contribution in [0.15, 0.2) is 24.3 Å². The second-order valence-corrected chi connectivity index (χ2v) is 7.77. The lowest BCUT2D eigenvalue weighted by atomic mass is 9.81. The van der Waals surface area contributed by atoms with Gasteiger partial charge in [0.2, 0.25) is 11.8 Å². The van der Waals surface area contributed by atoms with Crippen molar-refractivity contribution in [2.45, 2.75) is 32.2 Å². The average Bonchev–Trinajstić information content (AvgIpc) is 3.35. The first-order valence-electron chi connectivity index (χ1n) is 9.45. The van der Waals surface area contributed by atoms with Gasteiger partial charge in [-0.1, -0.05) is 0 Å². The highest BCUT2D eigenvalue weighted by molar-refractivity contribution is 6.08. The smallest absolute Gasteiger partial charge is 0.329 e. The van der Waals surface area contributed by atoms with Gasteiger partial charge in [-0.25, -0.2) is 9.18 Å². The molecule has 1 saturated heterocycles. The molecule has 3 fully saturated rings. The molecule has 3 aliphatic rings. The van der Waals surface area contributed by atoms with Crippen molar-refractivity contribution in [3.05, 3.63) is 30.1 Å². The molecule has 5 atom stereocenters. The quantitative estimate of drug-likeness (QED) is 0.613. The highest BCUT2D eigenvalue weighted by Crippen LogP contribution is 2.56. The molecule has 0 radical (unpaired) electrons. The molecule has 1 heterocycles. The normalized spacial score (nSPS) is 29.0. The molecule has 1 aliphatic heterocycles. The van der Waals surface area contributed by atoms with Crippen LogP contribution in [0.2, 0.25) is 0 Å². The molecule has 0 aromatic heterocycles. The number of ether oxygens (including phenoxy) is 1. The number of anilines is 1.